The lowest BCUT2D eigenvalue weighted by Crippen LogP contribution is -1.98. The molecule has 16 heavy (non-hydrogen) atoms. The molecule has 0 spiro atoms. The summed E-state index contributed by atoms with van der Waals surface area (Å²) in [5.74, 6) is 0. The monoisotopic (exact) mass is 230 g/mol. The Bertz CT molecular complexity index is 446. The van der Waals surface area contributed by atoms with E-state index in [4.69, 9.17) is 4.74 Å². The van der Waals surface area contributed by atoms with Gasteiger partial charge in [0.25, 0.3) is 0 Å². The van der Waals surface area contributed by atoms with Crippen LogP contribution in [0.2, 0.25) is 0 Å². The molecule has 2 aromatic rings. The van der Waals surface area contributed by atoms with Crippen LogP contribution in [0.4, 0.5) is 0 Å². The molecule has 1 heterocycles. The zero-order chi connectivity index (χ0) is 11.2. The van der Waals surface area contributed by atoms with Gasteiger partial charge in [-0.15, -0.1) is 17.9 Å². The summed E-state index contributed by atoms with van der Waals surface area (Å²) in [6, 6.07) is 12.3. The van der Waals surface area contributed by atoms with Gasteiger partial charge < -0.3 is 4.74 Å². The van der Waals surface area contributed by atoms with Gasteiger partial charge >= 0.3 is 0 Å². The summed E-state index contributed by atoms with van der Waals surface area (Å²) in [6.07, 6.45) is 2.81. The van der Waals surface area contributed by atoms with Crippen molar-refractivity contribution in [1.29, 1.82) is 0 Å². The van der Waals surface area contributed by atoms with E-state index in [1.54, 1.807) is 11.3 Å². The van der Waals surface area contributed by atoms with Gasteiger partial charge in [0.1, 0.15) is 6.61 Å². The molecule has 0 radical (unpaired) electrons. The second kappa shape index (κ2) is 5.52. The molecule has 0 N–H and O–H groups in total. The molecular weight excluding hydrogens is 216 g/mol. The van der Waals surface area contributed by atoms with E-state index in [0.717, 1.165) is 11.5 Å². The number of ether oxygens (including phenoxy) is 1. The van der Waals surface area contributed by atoms with Gasteiger partial charge in [0.15, 0.2) is 5.06 Å². The number of allylic oxidation sites excluding steroid dienone is 1. The van der Waals surface area contributed by atoms with E-state index in [1.807, 2.05) is 35.7 Å². The molecule has 0 saturated carbocycles. The molecule has 1 aromatic heterocycles. The van der Waals surface area contributed by atoms with Crippen LogP contribution in [0, 0.1) is 0 Å². The molecule has 0 bridgehead atoms. The molecule has 0 aliphatic carbocycles. The van der Waals surface area contributed by atoms with E-state index in [9.17, 15) is 0 Å². The number of rotatable bonds is 5. The van der Waals surface area contributed by atoms with Crippen LogP contribution in [0.25, 0.3) is 0 Å². The van der Waals surface area contributed by atoms with Gasteiger partial charge in [0.05, 0.1) is 0 Å². The zero-order valence-electron chi connectivity index (χ0n) is 9.06. The van der Waals surface area contributed by atoms with Gasteiger partial charge in [-0.2, -0.15) is 0 Å². The molecular formula is C14H14OS. The number of benzene rings is 1. The molecule has 0 amide bonds. The molecule has 82 valence electrons. The summed E-state index contributed by atoms with van der Waals surface area (Å²) in [5, 5.41) is 2.98. The third-order valence-corrected chi connectivity index (χ3v) is 3.13. The molecule has 1 nitrogen and oxygen atoms in total. The van der Waals surface area contributed by atoms with E-state index in [2.05, 4.69) is 18.7 Å². The maximum absolute atomic E-state index is 5.70. The van der Waals surface area contributed by atoms with E-state index < -0.39 is 0 Å². The Morgan fingerprint density at radius 3 is 2.62 bits per heavy atom. The average molecular weight is 230 g/mol. The molecule has 0 saturated heterocycles. The molecule has 1 aromatic carbocycles. The van der Waals surface area contributed by atoms with Gasteiger partial charge in [-0.25, -0.2) is 0 Å². The van der Waals surface area contributed by atoms with Crippen LogP contribution in [-0.2, 0) is 13.0 Å². The van der Waals surface area contributed by atoms with Crippen molar-refractivity contribution < 1.29 is 4.74 Å². The number of hydrogen-bond acceptors (Lipinski definition) is 2. The first kappa shape index (κ1) is 11.0. The Morgan fingerprint density at radius 2 is 1.94 bits per heavy atom. The van der Waals surface area contributed by atoms with Gasteiger partial charge in [0.2, 0.25) is 0 Å². The molecule has 2 heteroatoms. The molecule has 0 unspecified atom stereocenters. The van der Waals surface area contributed by atoms with E-state index in [1.165, 1.54) is 11.1 Å². The Labute approximate surface area is 100 Å². The minimum absolute atomic E-state index is 0.629. The lowest BCUT2D eigenvalue weighted by atomic mass is 10.1. The fraction of sp³-hybridized carbons (Fsp3) is 0.143. The topological polar surface area (TPSA) is 9.23 Å². The van der Waals surface area contributed by atoms with Crippen molar-refractivity contribution in [1.82, 2.24) is 0 Å². The summed E-state index contributed by atoms with van der Waals surface area (Å²) < 4.78 is 5.70. The maximum Gasteiger partial charge on any atom is 0.174 e. The van der Waals surface area contributed by atoms with E-state index >= 15 is 0 Å². The first-order valence-corrected chi connectivity index (χ1v) is 6.12. The highest BCUT2D eigenvalue weighted by Gasteiger charge is 2.01. The van der Waals surface area contributed by atoms with Crippen LogP contribution in [0.1, 0.15) is 11.1 Å². The number of thiophene rings is 1. The van der Waals surface area contributed by atoms with Crippen LogP contribution >= 0.6 is 11.3 Å². The van der Waals surface area contributed by atoms with Crippen molar-refractivity contribution in [2.24, 2.45) is 0 Å². The van der Waals surface area contributed by atoms with E-state index in [0.29, 0.717) is 6.61 Å². The fourth-order valence-electron chi connectivity index (χ4n) is 1.55. The SMILES string of the molecule is C=CCc1ccccc1COc1cccs1. The summed E-state index contributed by atoms with van der Waals surface area (Å²) in [5.41, 5.74) is 2.52. The smallest absolute Gasteiger partial charge is 0.174 e. The highest BCUT2D eigenvalue weighted by atomic mass is 32.1. The Morgan fingerprint density at radius 1 is 1.12 bits per heavy atom. The standard InChI is InChI=1S/C14H14OS/c1-2-6-12-7-3-4-8-13(12)11-15-14-9-5-10-16-14/h2-5,7-10H,1,6,11H2. The second-order valence-corrected chi connectivity index (χ2v) is 4.39. The van der Waals surface area contributed by atoms with Gasteiger partial charge in [-0.05, 0) is 35.1 Å². The zero-order valence-corrected chi connectivity index (χ0v) is 9.87. The van der Waals surface area contributed by atoms with Gasteiger partial charge in [-0.3, -0.25) is 0 Å². The van der Waals surface area contributed by atoms with Crippen LogP contribution in [0.5, 0.6) is 5.06 Å². The van der Waals surface area contributed by atoms with Crippen LogP contribution < -0.4 is 4.74 Å². The fourth-order valence-corrected chi connectivity index (χ4v) is 2.12. The quantitative estimate of drug-likeness (QED) is 0.704. The average Bonchev–Trinajstić information content (AvgIpc) is 2.81. The minimum atomic E-state index is 0.629. The lowest BCUT2D eigenvalue weighted by molar-refractivity contribution is 0.314. The molecule has 0 aliphatic rings. The lowest BCUT2D eigenvalue weighted by Gasteiger charge is -2.08. The molecule has 0 aliphatic heterocycles. The van der Waals surface area contributed by atoms with Crippen LogP contribution in [-0.4, -0.2) is 0 Å². The van der Waals surface area contributed by atoms with Crippen molar-refractivity contribution in [3.63, 3.8) is 0 Å². The molecule has 2 rings (SSSR count). The highest BCUT2D eigenvalue weighted by Crippen LogP contribution is 2.20. The highest BCUT2D eigenvalue weighted by molar-refractivity contribution is 7.11. The van der Waals surface area contributed by atoms with Crippen LogP contribution in [0.3, 0.4) is 0 Å². The predicted molar refractivity (Wildman–Crippen MR) is 69.0 cm³/mol. The second-order valence-electron chi connectivity index (χ2n) is 3.48. The van der Waals surface area contributed by atoms with Crippen molar-refractivity contribution >= 4 is 11.3 Å². The first-order chi connectivity index (χ1) is 7.90. The third kappa shape index (κ3) is 2.74. The molecule has 0 atom stereocenters. The van der Waals surface area contributed by atoms with E-state index in [-0.39, 0.29) is 0 Å². The Hall–Kier alpha value is -1.54. The summed E-state index contributed by atoms with van der Waals surface area (Å²) in [7, 11) is 0. The van der Waals surface area contributed by atoms with Crippen LogP contribution in [0.15, 0.2) is 54.4 Å². The normalized spacial score (nSPS) is 10.0. The van der Waals surface area contributed by atoms with Gasteiger partial charge in [-0.1, -0.05) is 30.3 Å². The Kier molecular flexibility index (Phi) is 3.78. The Balaban J connectivity index is 2.05. The van der Waals surface area contributed by atoms with Crippen molar-refractivity contribution in [2.45, 2.75) is 13.0 Å². The van der Waals surface area contributed by atoms with Gasteiger partial charge in [0, 0.05) is 0 Å². The molecule has 0 fully saturated rings. The summed E-state index contributed by atoms with van der Waals surface area (Å²) in [4.78, 5) is 0. The number of hydrogen-bond donors (Lipinski definition) is 0. The maximum atomic E-state index is 5.70. The van der Waals surface area contributed by atoms with Crippen molar-refractivity contribution in [3.05, 3.63) is 65.6 Å². The van der Waals surface area contributed by atoms with Crippen molar-refractivity contribution in [3.8, 4) is 5.06 Å². The third-order valence-electron chi connectivity index (χ3n) is 2.35. The predicted octanol–water partition coefficient (Wildman–Crippen LogP) is 4.06. The van der Waals surface area contributed by atoms with Crippen molar-refractivity contribution in [2.75, 3.05) is 0 Å². The minimum Gasteiger partial charge on any atom is -0.479 e. The largest absolute Gasteiger partial charge is 0.479 e. The summed E-state index contributed by atoms with van der Waals surface area (Å²) in [6.45, 7) is 4.40. The first-order valence-electron chi connectivity index (χ1n) is 5.24. The summed E-state index contributed by atoms with van der Waals surface area (Å²) >= 11 is 1.62.